The fourth-order valence-electron chi connectivity index (χ4n) is 2.04. The molecule has 138 valence electrons. The minimum Gasteiger partial charge on any atom is -0.496 e. The number of methoxy groups -OCH3 is 3. The Labute approximate surface area is 156 Å². The third-order valence-electron chi connectivity index (χ3n) is 3.32. The van der Waals surface area contributed by atoms with Crippen LogP contribution in [0.2, 0.25) is 5.02 Å². The highest BCUT2D eigenvalue weighted by Gasteiger charge is 2.11. The van der Waals surface area contributed by atoms with E-state index in [4.69, 9.17) is 30.5 Å². The number of nitrogens with zero attached hydrogens (tertiary/aromatic N) is 1. The van der Waals surface area contributed by atoms with Gasteiger partial charge >= 0.3 is 0 Å². The van der Waals surface area contributed by atoms with E-state index in [0.717, 1.165) is 0 Å². The van der Waals surface area contributed by atoms with Crippen LogP contribution in [0.25, 0.3) is 0 Å². The number of benzene rings is 2. The van der Waals surface area contributed by atoms with Crippen molar-refractivity contribution >= 4 is 23.7 Å². The highest BCUT2D eigenvalue weighted by molar-refractivity contribution is 6.30. The Morgan fingerprint density at radius 2 is 1.65 bits per heavy atom. The van der Waals surface area contributed by atoms with Gasteiger partial charge < -0.3 is 18.9 Å². The van der Waals surface area contributed by atoms with Crippen molar-refractivity contribution in [2.75, 3.05) is 27.9 Å². The van der Waals surface area contributed by atoms with Gasteiger partial charge in [-0.1, -0.05) is 11.6 Å². The van der Waals surface area contributed by atoms with Crippen LogP contribution in [0, 0.1) is 0 Å². The van der Waals surface area contributed by atoms with E-state index in [-0.39, 0.29) is 6.61 Å². The standard InChI is InChI=1S/C18H19ClN2O5/c1-23-14-8-16(24-2)15(17(9-14)25-3)10-20-21-18(22)11-26-13-6-4-12(19)5-7-13/h4-10H,11H2,1-3H3,(H,21,22)/b20-10-. The number of rotatable bonds is 8. The first-order valence-corrected chi connectivity index (χ1v) is 7.95. The molecule has 0 aromatic heterocycles. The number of carbonyl (C=O) groups excluding carboxylic acids is 1. The van der Waals surface area contributed by atoms with E-state index < -0.39 is 5.91 Å². The summed E-state index contributed by atoms with van der Waals surface area (Å²) < 4.78 is 21.1. The normalized spacial score (nSPS) is 10.5. The van der Waals surface area contributed by atoms with E-state index >= 15 is 0 Å². The van der Waals surface area contributed by atoms with Crippen LogP contribution in [0.1, 0.15) is 5.56 Å². The van der Waals surface area contributed by atoms with Crippen LogP contribution in [0.3, 0.4) is 0 Å². The van der Waals surface area contributed by atoms with Gasteiger partial charge in [0, 0.05) is 17.2 Å². The van der Waals surface area contributed by atoms with Gasteiger partial charge in [-0.3, -0.25) is 4.79 Å². The fraction of sp³-hybridized carbons (Fsp3) is 0.222. The molecule has 0 heterocycles. The van der Waals surface area contributed by atoms with Gasteiger partial charge in [-0.15, -0.1) is 0 Å². The molecule has 0 aliphatic carbocycles. The van der Waals surface area contributed by atoms with Crippen molar-refractivity contribution in [3.8, 4) is 23.0 Å². The van der Waals surface area contributed by atoms with Gasteiger partial charge in [-0.2, -0.15) is 5.10 Å². The van der Waals surface area contributed by atoms with Gasteiger partial charge in [0.1, 0.15) is 23.0 Å². The molecule has 0 saturated heterocycles. The Morgan fingerprint density at radius 3 is 2.19 bits per heavy atom. The van der Waals surface area contributed by atoms with Crippen LogP contribution in [0.5, 0.6) is 23.0 Å². The highest BCUT2D eigenvalue weighted by atomic mass is 35.5. The van der Waals surface area contributed by atoms with E-state index in [2.05, 4.69) is 10.5 Å². The number of ether oxygens (including phenoxy) is 4. The second-order valence-corrected chi connectivity index (χ2v) is 5.42. The summed E-state index contributed by atoms with van der Waals surface area (Å²) in [6.45, 7) is -0.185. The summed E-state index contributed by atoms with van der Waals surface area (Å²) in [6.07, 6.45) is 1.43. The molecule has 0 spiro atoms. The molecular formula is C18H19ClN2O5. The zero-order valence-corrected chi connectivity index (χ0v) is 15.4. The van der Waals surface area contributed by atoms with E-state index in [1.165, 1.54) is 20.4 Å². The Bertz CT molecular complexity index is 753. The molecule has 0 radical (unpaired) electrons. The summed E-state index contributed by atoms with van der Waals surface area (Å²) in [5.74, 6) is 1.69. The molecule has 8 heteroatoms. The summed E-state index contributed by atoms with van der Waals surface area (Å²) >= 11 is 5.79. The van der Waals surface area contributed by atoms with E-state index in [0.29, 0.717) is 33.6 Å². The maximum atomic E-state index is 11.8. The van der Waals surface area contributed by atoms with E-state index in [9.17, 15) is 4.79 Å². The first-order chi connectivity index (χ1) is 12.6. The van der Waals surface area contributed by atoms with Crippen LogP contribution >= 0.6 is 11.6 Å². The number of hydrazone groups is 1. The van der Waals surface area contributed by atoms with Gasteiger partial charge in [0.15, 0.2) is 6.61 Å². The summed E-state index contributed by atoms with van der Waals surface area (Å²) in [5, 5.41) is 4.51. The summed E-state index contributed by atoms with van der Waals surface area (Å²) in [5.41, 5.74) is 2.95. The summed E-state index contributed by atoms with van der Waals surface area (Å²) in [6, 6.07) is 10.1. The third kappa shape index (κ3) is 5.29. The van der Waals surface area contributed by atoms with Crippen molar-refractivity contribution in [3.05, 3.63) is 47.0 Å². The SMILES string of the molecule is COc1cc(OC)c(/C=N\NC(=O)COc2ccc(Cl)cc2)c(OC)c1. The summed E-state index contributed by atoms with van der Waals surface area (Å²) in [7, 11) is 4.58. The number of amides is 1. The highest BCUT2D eigenvalue weighted by Crippen LogP contribution is 2.32. The van der Waals surface area contributed by atoms with Crippen LogP contribution in [-0.4, -0.2) is 40.1 Å². The fourth-order valence-corrected chi connectivity index (χ4v) is 2.17. The predicted octanol–water partition coefficient (Wildman–Crippen LogP) is 2.89. The molecule has 0 bridgehead atoms. The average molecular weight is 379 g/mol. The van der Waals surface area contributed by atoms with E-state index in [1.807, 2.05) is 0 Å². The summed E-state index contributed by atoms with van der Waals surface area (Å²) in [4.78, 5) is 11.8. The van der Waals surface area contributed by atoms with Crippen molar-refractivity contribution in [2.45, 2.75) is 0 Å². The maximum absolute atomic E-state index is 11.8. The topological polar surface area (TPSA) is 78.4 Å². The predicted molar refractivity (Wildman–Crippen MR) is 98.8 cm³/mol. The molecule has 2 aromatic carbocycles. The van der Waals surface area contributed by atoms with Crippen LogP contribution < -0.4 is 24.4 Å². The molecule has 0 atom stereocenters. The lowest BCUT2D eigenvalue weighted by atomic mass is 10.2. The number of halogens is 1. The van der Waals surface area contributed by atoms with Crippen molar-refractivity contribution in [2.24, 2.45) is 5.10 Å². The third-order valence-corrected chi connectivity index (χ3v) is 3.57. The molecule has 0 unspecified atom stereocenters. The average Bonchev–Trinajstić information content (AvgIpc) is 2.67. The first-order valence-electron chi connectivity index (χ1n) is 7.57. The quantitative estimate of drug-likeness (QED) is 0.564. The molecule has 0 saturated carbocycles. The first kappa shape index (κ1) is 19.4. The van der Waals surface area contributed by atoms with Gasteiger partial charge in [0.05, 0.1) is 33.1 Å². The second kappa shape index (κ2) is 9.53. The van der Waals surface area contributed by atoms with Crippen molar-refractivity contribution in [1.29, 1.82) is 0 Å². The minimum absolute atomic E-state index is 0.185. The largest absolute Gasteiger partial charge is 0.496 e. The number of hydrogen-bond acceptors (Lipinski definition) is 6. The van der Waals surface area contributed by atoms with Crippen LogP contribution in [-0.2, 0) is 4.79 Å². The molecule has 2 aromatic rings. The van der Waals surface area contributed by atoms with Gasteiger partial charge in [0.25, 0.3) is 5.91 Å². The monoisotopic (exact) mass is 378 g/mol. The lowest BCUT2D eigenvalue weighted by Crippen LogP contribution is -2.24. The molecule has 26 heavy (non-hydrogen) atoms. The molecule has 1 amide bonds. The van der Waals surface area contributed by atoms with Gasteiger partial charge in [-0.25, -0.2) is 5.43 Å². The van der Waals surface area contributed by atoms with Crippen molar-refractivity contribution in [1.82, 2.24) is 5.43 Å². The molecule has 0 aliphatic rings. The lowest BCUT2D eigenvalue weighted by Gasteiger charge is -2.12. The molecule has 2 rings (SSSR count). The lowest BCUT2D eigenvalue weighted by molar-refractivity contribution is -0.123. The second-order valence-electron chi connectivity index (χ2n) is 4.98. The molecule has 0 fully saturated rings. The Balaban J connectivity index is 1.98. The number of nitrogens with one attached hydrogen (secondary N) is 1. The van der Waals surface area contributed by atoms with Gasteiger partial charge in [0.2, 0.25) is 0 Å². The zero-order valence-electron chi connectivity index (χ0n) is 14.6. The van der Waals surface area contributed by atoms with Crippen molar-refractivity contribution in [3.63, 3.8) is 0 Å². The minimum atomic E-state index is -0.414. The molecular weight excluding hydrogens is 360 g/mol. The maximum Gasteiger partial charge on any atom is 0.277 e. The molecule has 0 aliphatic heterocycles. The zero-order chi connectivity index (χ0) is 18.9. The number of carbonyl (C=O) groups is 1. The molecule has 7 nitrogen and oxygen atoms in total. The van der Waals surface area contributed by atoms with Crippen LogP contribution in [0.15, 0.2) is 41.5 Å². The Hall–Kier alpha value is -2.93. The Kier molecular flexibility index (Phi) is 7.11. The number of hydrogen-bond donors (Lipinski definition) is 1. The smallest absolute Gasteiger partial charge is 0.277 e. The van der Waals surface area contributed by atoms with Crippen molar-refractivity contribution < 1.29 is 23.7 Å². The molecule has 1 N–H and O–H groups in total. The van der Waals surface area contributed by atoms with E-state index in [1.54, 1.807) is 43.5 Å². The Morgan fingerprint density at radius 1 is 1.04 bits per heavy atom. The van der Waals surface area contributed by atoms with Crippen LogP contribution in [0.4, 0.5) is 0 Å². The van der Waals surface area contributed by atoms with Gasteiger partial charge in [-0.05, 0) is 24.3 Å².